The number of aromatic amines is 1. The van der Waals surface area contributed by atoms with Crippen LogP contribution in [0.2, 0.25) is 0 Å². The number of hydrogen-bond donors (Lipinski definition) is 2. The number of H-pyrrole nitrogens is 1. The molecule has 0 aromatic carbocycles. The molecule has 1 atom stereocenters. The summed E-state index contributed by atoms with van der Waals surface area (Å²) in [6, 6.07) is 3.38. The first-order valence-corrected chi connectivity index (χ1v) is 7.29. The van der Waals surface area contributed by atoms with Crippen LogP contribution in [0.1, 0.15) is 41.9 Å². The van der Waals surface area contributed by atoms with Crippen LogP contribution in [0.4, 0.5) is 5.69 Å². The molecule has 0 radical (unpaired) electrons. The van der Waals surface area contributed by atoms with Gasteiger partial charge < -0.3 is 14.6 Å². The molecule has 0 bridgehead atoms. The summed E-state index contributed by atoms with van der Waals surface area (Å²) in [7, 11) is 0. The third-order valence-corrected chi connectivity index (χ3v) is 3.83. The van der Waals surface area contributed by atoms with Gasteiger partial charge in [0.25, 0.3) is 5.91 Å². The van der Waals surface area contributed by atoms with Crippen molar-refractivity contribution in [2.45, 2.75) is 25.7 Å². The fraction of sp³-hybridized carbons (Fsp3) is 0.400. The van der Waals surface area contributed by atoms with Crippen LogP contribution in [-0.2, 0) is 4.79 Å². The number of anilines is 1. The molecule has 1 unspecified atom stereocenters. The Morgan fingerprint density at radius 3 is 3.09 bits per heavy atom. The van der Waals surface area contributed by atoms with Gasteiger partial charge in [0.15, 0.2) is 5.76 Å². The normalized spacial score (nSPS) is 18.2. The van der Waals surface area contributed by atoms with Gasteiger partial charge in [-0.15, -0.1) is 0 Å². The molecule has 3 rings (SSSR count). The quantitative estimate of drug-likeness (QED) is 0.907. The predicted molar refractivity (Wildman–Crippen MR) is 79.5 cm³/mol. The van der Waals surface area contributed by atoms with Crippen LogP contribution in [0.3, 0.4) is 0 Å². The molecule has 0 saturated carbocycles. The number of rotatable bonds is 3. The highest BCUT2D eigenvalue weighted by atomic mass is 16.3. The maximum Gasteiger partial charge on any atom is 0.289 e. The van der Waals surface area contributed by atoms with Crippen LogP contribution in [0.15, 0.2) is 29.0 Å². The summed E-state index contributed by atoms with van der Waals surface area (Å²) in [6.45, 7) is 2.75. The maximum absolute atomic E-state index is 12.4. The average molecular weight is 302 g/mol. The number of amides is 2. The van der Waals surface area contributed by atoms with Crippen molar-refractivity contribution in [1.82, 2.24) is 15.1 Å². The van der Waals surface area contributed by atoms with E-state index in [-0.39, 0.29) is 17.7 Å². The SMILES string of the molecule is CC(=O)Nc1cn[nH]c1C1CCCN(C(=O)c2ccco2)C1. The summed E-state index contributed by atoms with van der Waals surface area (Å²) in [4.78, 5) is 25.4. The molecule has 7 heteroatoms. The Hall–Kier alpha value is -2.57. The van der Waals surface area contributed by atoms with E-state index < -0.39 is 0 Å². The first kappa shape index (κ1) is 14.4. The predicted octanol–water partition coefficient (Wildman–Crippen LogP) is 1.98. The Morgan fingerprint density at radius 2 is 2.36 bits per heavy atom. The number of piperidine rings is 1. The average Bonchev–Trinajstić information content (AvgIpc) is 3.17. The van der Waals surface area contributed by atoms with E-state index in [4.69, 9.17) is 4.42 Å². The van der Waals surface area contributed by atoms with Crippen LogP contribution in [0.5, 0.6) is 0 Å². The summed E-state index contributed by atoms with van der Waals surface area (Å²) in [6.07, 6.45) is 4.94. The van der Waals surface area contributed by atoms with E-state index in [1.54, 1.807) is 23.2 Å². The molecule has 1 fully saturated rings. The number of aromatic nitrogens is 2. The van der Waals surface area contributed by atoms with Crippen molar-refractivity contribution in [2.24, 2.45) is 0 Å². The fourth-order valence-corrected chi connectivity index (χ4v) is 2.85. The van der Waals surface area contributed by atoms with Crippen LogP contribution < -0.4 is 5.32 Å². The van der Waals surface area contributed by atoms with Gasteiger partial charge in [-0.2, -0.15) is 5.10 Å². The van der Waals surface area contributed by atoms with Crippen LogP contribution in [0.25, 0.3) is 0 Å². The molecular weight excluding hydrogens is 284 g/mol. The zero-order chi connectivity index (χ0) is 15.5. The lowest BCUT2D eigenvalue weighted by Gasteiger charge is -2.32. The standard InChI is InChI=1S/C15H18N4O3/c1-10(20)17-12-8-16-18-14(12)11-4-2-6-19(9-11)15(21)13-5-3-7-22-13/h3,5,7-8,11H,2,4,6,9H2,1H3,(H,16,18)(H,17,20). The number of carbonyl (C=O) groups is 2. The van der Waals surface area contributed by atoms with E-state index in [1.165, 1.54) is 13.2 Å². The second kappa shape index (κ2) is 6.05. The summed E-state index contributed by atoms with van der Waals surface area (Å²) in [5, 5.41) is 9.73. The highest BCUT2D eigenvalue weighted by molar-refractivity contribution is 5.91. The van der Waals surface area contributed by atoms with Gasteiger partial charge in [-0.3, -0.25) is 14.7 Å². The molecule has 1 saturated heterocycles. The number of nitrogens with zero attached hydrogens (tertiary/aromatic N) is 2. The molecular formula is C15H18N4O3. The molecule has 1 aliphatic rings. The Labute approximate surface area is 127 Å². The largest absolute Gasteiger partial charge is 0.459 e. The molecule has 116 valence electrons. The van der Waals surface area contributed by atoms with Crippen molar-refractivity contribution in [1.29, 1.82) is 0 Å². The van der Waals surface area contributed by atoms with Gasteiger partial charge in [-0.1, -0.05) is 0 Å². The van der Waals surface area contributed by atoms with Gasteiger partial charge in [0, 0.05) is 25.9 Å². The Kier molecular flexibility index (Phi) is 3.95. The number of likely N-dealkylation sites (tertiary alicyclic amines) is 1. The Bertz CT molecular complexity index is 662. The first-order valence-electron chi connectivity index (χ1n) is 7.29. The zero-order valence-electron chi connectivity index (χ0n) is 12.3. The van der Waals surface area contributed by atoms with Crippen molar-refractivity contribution >= 4 is 17.5 Å². The lowest BCUT2D eigenvalue weighted by Crippen LogP contribution is -2.39. The molecule has 1 aliphatic heterocycles. The summed E-state index contributed by atoms with van der Waals surface area (Å²) >= 11 is 0. The molecule has 2 amide bonds. The van der Waals surface area contributed by atoms with E-state index in [0.717, 1.165) is 18.5 Å². The van der Waals surface area contributed by atoms with Crippen molar-refractivity contribution in [3.8, 4) is 0 Å². The molecule has 7 nitrogen and oxygen atoms in total. The van der Waals surface area contributed by atoms with Crippen molar-refractivity contribution < 1.29 is 14.0 Å². The highest BCUT2D eigenvalue weighted by Crippen LogP contribution is 2.30. The molecule has 2 aromatic rings. The number of hydrogen-bond acceptors (Lipinski definition) is 4. The van der Waals surface area contributed by atoms with Gasteiger partial charge in [0.05, 0.1) is 23.8 Å². The number of furan rings is 1. The van der Waals surface area contributed by atoms with Gasteiger partial charge in [0.2, 0.25) is 5.91 Å². The van der Waals surface area contributed by atoms with Gasteiger partial charge in [-0.25, -0.2) is 0 Å². The minimum atomic E-state index is -0.137. The van der Waals surface area contributed by atoms with E-state index in [2.05, 4.69) is 15.5 Å². The second-order valence-electron chi connectivity index (χ2n) is 5.45. The lowest BCUT2D eigenvalue weighted by atomic mass is 9.94. The molecule has 2 aromatic heterocycles. The number of nitrogens with one attached hydrogen (secondary N) is 2. The molecule has 0 aliphatic carbocycles. The van der Waals surface area contributed by atoms with Gasteiger partial charge in [0.1, 0.15) is 0 Å². The second-order valence-corrected chi connectivity index (χ2v) is 5.45. The van der Waals surface area contributed by atoms with Crippen molar-refractivity contribution in [2.75, 3.05) is 18.4 Å². The summed E-state index contributed by atoms with van der Waals surface area (Å²) < 4.78 is 5.18. The highest BCUT2D eigenvalue weighted by Gasteiger charge is 2.29. The third-order valence-electron chi connectivity index (χ3n) is 3.83. The van der Waals surface area contributed by atoms with Crippen LogP contribution >= 0.6 is 0 Å². The summed E-state index contributed by atoms with van der Waals surface area (Å²) in [5.74, 6) is 0.238. The Morgan fingerprint density at radius 1 is 1.50 bits per heavy atom. The smallest absolute Gasteiger partial charge is 0.289 e. The van der Waals surface area contributed by atoms with Crippen molar-refractivity contribution in [3.63, 3.8) is 0 Å². The monoisotopic (exact) mass is 302 g/mol. The van der Waals surface area contributed by atoms with Crippen LogP contribution in [0, 0.1) is 0 Å². The molecule has 2 N–H and O–H groups in total. The van der Waals surface area contributed by atoms with E-state index in [0.29, 0.717) is 24.5 Å². The minimum absolute atomic E-state index is 0.102. The topological polar surface area (TPSA) is 91.2 Å². The number of carbonyl (C=O) groups excluding carboxylic acids is 2. The van der Waals surface area contributed by atoms with E-state index in [1.807, 2.05) is 0 Å². The lowest BCUT2D eigenvalue weighted by molar-refractivity contribution is -0.114. The zero-order valence-corrected chi connectivity index (χ0v) is 12.3. The fourth-order valence-electron chi connectivity index (χ4n) is 2.85. The summed E-state index contributed by atoms with van der Waals surface area (Å²) in [5.41, 5.74) is 1.55. The van der Waals surface area contributed by atoms with Crippen molar-refractivity contribution in [3.05, 3.63) is 36.0 Å². The molecule has 3 heterocycles. The Balaban J connectivity index is 1.75. The maximum atomic E-state index is 12.4. The third kappa shape index (κ3) is 2.88. The minimum Gasteiger partial charge on any atom is -0.459 e. The van der Waals surface area contributed by atoms with E-state index in [9.17, 15) is 9.59 Å². The van der Waals surface area contributed by atoms with E-state index >= 15 is 0 Å². The van der Waals surface area contributed by atoms with Gasteiger partial charge in [-0.05, 0) is 25.0 Å². The van der Waals surface area contributed by atoms with Crippen LogP contribution in [-0.4, -0.2) is 40.0 Å². The molecule has 0 spiro atoms. The molecule has 22 heavy (non-hydrogen) atoms. The van der Waals surface area contributed by atoms with Gasteiger partial charge >= 0.3 is 0 Å². The first-order chi connectivity index (χ1) is 10.6.